The van der Waals surface area contributed by atoms with Gasteiger partial charge in [-0.05, 0) is 35.9 Å². The number of hydrogen-bond acceptors (Lipinski definition) is 4. The van der Waals surface area contributed by atoms with Crippen molar-refractivity contribution >= 4 is 23.2 Å². The van der Waals surface area contributed by atoms with E-state index >= 15 is 0 Å². The first-order valence-electron chi connectivity index (χ1n) is 7.04. The van der Waals surface area contributed by atoms with E-state index < -0.39 is 0 Å². The standard InChI is InChI=1S/C17H13ClN2O3/c18-14-9-13(3-2-12(14)10-19)20-17(21)8-11-1-4-15-16(7-11)23-6-5-22-15/h1-4,7,9H,5-6,8H2,(H,20,21). The number of nitriles is 1. The van der Waals surface area contributed by atoms with Crippen LogP contribution in [0.5, 0.6) is 11.5 Å². The van der Waals surface area contributed by atoms with E-state index in [-0.39, 0.29) is 12.3 Å². The van der Waals surface area contributed by atoms with Crippen molar-refractivity contribution in [2.75, 3.05) is 18.5 Å². The van der Waals surface area contributed by atoms with Crippen LogP contribution >= 0.6 is 11.6 Å². The van der Waals surface area contributed by atoms with Crippen LogP contribution in [0.3, 0.4) is 0 Å². The molecule has 1 heterocycles. The van der Waals surface area contributed by atoms with Gasteiger partial charge in [0, 0.05) is 5.69 Å². The van der Waals surface area contributed by atoms with Crippen molar-refractivity contribution in [3.8, 4) is 17.6 Å². The highest BCUT2D eigenvalue weighted by atomic mass is 35.5. The number of halogens is 1. The summed E-state index contributed by atoms with van der Waals surface area (Å²) in [6.45, 7) is 1.04. The van der Waals surface area contributed by atoms with Gasteiger partial charge in [0.05, 0.1) is 17.0 Å². The summed E-state index contributed by atoms with van der Waals surface area (Å²) >= 11 is 5.95. The lowest BCUT2D eigenvalue weighted by Gasteiger charge is -2.18. The van der Waals surface area contributed by atoms with Gasteiger partial charge in [-0.25, -0.2) is 0 Å². The average molecular weight is 329 g/mol. The number of ether oxygens (including phenoxy) is 2. The Balaban J connectivity index is 1.68. The fourth-order valence-corrected chi connectivity index (χ4v) is 2.49. The minimum absolute atomic E-state index is 0.178. The summed E-state index contributed by atoms with van der Waals surface area (Å²) < 4.78 is 10.9. The predicted octanol–water partition coefficient (Wildman–Crippen LogP) is 3.16. The lowest BCUT2D eigenvalue weighted by molar-refractivity contribution is -0.115. The zero-order valence-electron chi connectivity index (χ0n) is 12.1. The lowest BCUT2D eigenvalue weighted by Crippen LogP contribution is -2.17. The maximum atomic E-state index is 12.1. The zero-order valence-corrected chi connectivity index (χ0v) is 12.9. The number of amides is 1. The van der Waals surface area contributed by atoms with Gasteiger partial charge in [0.25, 0.3) is 0 Å². The number of anilines is 1. The summed E-state index contributed by atoms with van der Waals surface area (Å²) in [6.07, 6.45) is 0.203. The van der Waals surface area contributed by atoms with Crippen LogP contribution in [0.15, 0.2) is 36.4 Å². The molecule has 0 spiro atoms. The number of hydrogen-bond donors (Lipinski definition) is 1. The zero-order chi connectivity index (χ0) is 16.2. The van der Waals surface area contributed by atoms with Crippen LogP contribution in [-0.2, 0) is 11.2 Å². The molecule has 23 heavy (non-hydrogen) atoms. The van der Waals surface area contributed by atoms with Gasteiger partial charge in [-0.3, -0.25) is 4.79 Å². The maximum absolute atomic E-state index is 12.1. The highest BCUT2D eigenvalue weighted by Crippen LogP contribution is 2.31. The molecule has 1 aliphatic heterocycles. The molecule has 0 aromatic heterocycles. The first kappa shape index (κ1) is 15.2. The molecular weight excluding hydrogens is 316 g/mol. The fraction of sp³-hybridized carbons (Fsp3) is 0.176. The van der Waals surface area contributed by atoms with E-state index in [2.05, 4.69) is 5.32 Å². The quantitative estimate of drug-likeness (QED) is 0.939. The topological polar surface area (TPSA) is 71.4 Å². The molecule has 0 saturated heterocycles. The molecule has 1 N–H and O–H groups in total. The minimum Gasteiger partial charge on any atom is -0.486 e. The van der Waals surface area contributed by atoms with E-state index in [1.54, 1.807) is 30.3 Å². The number of rotatable bonds is 3. The summed E-state index contributed by atoms with van der Waals surface area (Å²) in [5, 5.41) is 11.9. The molecule has 0 aliphatic carbocycles. The highest BCUT2D eigenvalue weighted by molar-refractivity contribution is 6.32. The molecule has 116 valence electrons. The summed E-state index contributed by atoms with van der Waals surface area (Å²) in [4.78, 5) is 12.1. The normalized spacial score (nSPS) is 12.3. The molecule has 0 saturated carbocycles. The molecular formula is C17H13ClN2O3. The van der Waals surface area contributed by atoms with Crippen LogP contribution < -0.4 is 14.8 Å². The molecule has 0 fully saturated rings. The smallest absolute Gasteiger partial charge is 0.228 e. The molecule has 2 aromatic carbocycles. The second-order valence-electron chi connectivity index (χ2n) is 5.01. The van der Waals surface area contributed by atoms with Gasteiger partial charge in [-0.2, -0.15) is 5.26 Å². The van der Waals surface area contributed by atoms with E-state index in [9.17, 15) is 4.79 Å². The molecule has 0 unspecified atom stereocenters. The summed E-state index contributed by atoms with van der Waals surface area (Å²) in [5.74, 6) is 1.17. The molecule has 2 aromatic rings. The second kappa shape index (κ2) is 6.59. The third-order valence-corrected chi connectivity index (χ3v) is 3.66. The van der Waals surface area contributed by atoms with Crippen LogP contribution in [0.1, 0.15) is 11.1 Å². The van der Waals surface area contributed by atoms with Gasteiger partial charge >= 0.3 is 0 Å². The number of carbonyl (C=O) groups excluding carboxylic acids is 1. The third kappa shape index (κ3) is 3.55. The van der Waals surface area contributed by atoms with Gasteiger partial charge in [0.1, 0.15) is 19.3 Å². The Labute approximate surface area is 138 Å². The van der Waals surface area contributed by atoms with Crippen molar-refractivity contribution in [3.05, 3.63) is 52.5 Å². The Morgan fingerprint density at radius 3 is 2.70 bits per heavy atom. The number of carbonyl (C=O) groups is 1. The van der Waals surface area contributed by atoms with E-state index in [0.29, 0.717) is 41.0 Å². The first-order chi connectivity index (χ1) is 11.2. The Bertz CT molecular complexity index is 799. The van der Waals surface area contributed by atoms with Crippen molar-refractivity contribution in [1.29, 1.82) is 5.26 Å². The Morgan fingerprint density at radius 2 is 1.96 bits per heavy atom. The first-order valence-corrected chi connectivity index (χ1v) is 7.41. The second-order valence-corrected chi connectivity index (χ2v) is 5.42. The van der Waals surface area contributed by atoms with Crippen LogP contribution in [0, 0.1) is 11.3 Å². The number of nitrogens with one attached hydrogen (secondary N) is 1. The largest absolute Gasteiger partial charge is 0.486 e. The number of nitrogens with zero attached hydrogens (tertiary/aromatic N) is 1. The molecule has 5 nitrogen and oxygen atoms in total. The summed E-state index contributed by atoms with van der Waals surface area (Å²) in [5.41, 5.74) is 1.75. The summed E-state index contributed by atoms with van der Waals surface area (Å²) in [7, 11) is 0. The summed E-state index contributed by atoms with van der Waals surface area (Å²) in [6, 6.07) is 12.2. The third-order valence-electron chi connectivity index (χ3n) is 3.34. The van der Waals surface area contributed by atoms with Gasteiger partial charge in [0.15, 0.2) is 11.5 Å². The van der Waals surface area contributed by atoms with Crippen molar-refractivity contribution in [2.45, 2.75) is 6.42 Å². The van der Waals surface area contributed by atoms with Gasteiger partial charge in [-0.15, -0.1) is 0 Å². The van der Waals surface area contributed by atoms with Crippen molar-refractivity contribution in [3.63, 3.8) is 0 Å². The van der Waals surface area contributed by atoms with Gasteiger partial charge < -0.3 is 14.8 Å². The lowest BCUT2D eigenvalue weighted by atomic mass is 10.1. The fourth-order valence-electron chi connectivity index (χ4n) is 2.27. The molecule has 6 heteroatoms. The van der Waals surface area contributed by atoms with Crippen LogP contribution in [0.25, 0.3) is 0 Å². The van der Waals surface area contributed by atoms with Gasteiger partial charge in [0.2, 0.25) is 5.91 Å². The van der Waals surface area contributed by atoms with Crippen LogP contribution in [0.2, 0.25) is 5.02 Å². The molecule has 1 amide bonds. The van der Waals surface area contributed by atoms with Crippen molar-refractivity contribution in [1.82, 2.24) is 0 Å². The Hall–Kier alpha value is -2.71. The van der Waals surface area contributed by atoms with Crippen LogP contribution in [0.4, 0.5) is 5.69 Å². The molecule has 0 atom stereocenters. The molecule has 3 rings (SSSR count). The van der Waals surface area contributed by atoms with Crippen LogP contribution in [-0.4, -0.2) is 19.1 Å². The Morgan fingerprint density at radius 1 is 1.17 bits per heavy atom. The predicted molar refractivity (Wildman–Crippen MR) is 85.9 cm³/mol. The maximum Gasteiger partial charge on any atom is 0.228 e. The SMILES string of the molecule is N#Cc1ccc(NC(=O)Cc2ccc3c(c2)OCCO3)cc1Cl. The Kier molecular flexibility index (Phi) is 4.35. The molecule has 0 radical (unpaired) electrons. The number of benzene rings is 2. The average Bonchev–Trinajstić information content (AvgIpc) is 2.55. The van der Waals surface area contributed by atoms with E-state index in [1.807, 2.05) is 12.1 Å². The van der Waals surface area contributed by atoms with E-state index in [0.717, 1.165) is 5.56 Å². The monoisotopic (exact) mass is 328 g/mol. The van der Waals surface area contributed by atoms with Crippen molar-refractivity contribution < 1.29 is 14.3 Å². The van der Waals surface area contributed by atoms with E-state index in [4.69, 9.17) is 26.3 Å². The minimum atomic E-state index is -0.178. The van der Waals surface area contributed by atoms with Crippen molar-refractivity contribution in [2.24, 2.45) is 0 Å². The van der Waals surface area contributed by atoms with E-state index in [1.165, 1.54) is 0 Å². The molecule has 0 bridgehead atoms. The van der Waals surface area contributed by atoms with Gasteiger partial charge in [-0.1, -0.05) is 17.7 Å². The molecule has 1 aliphatic rings. The highest BCUT2D eigenvalue weighted by Gasteiger charge is 2.13. The number of fused-ring (bicyclic) bond motifs is 1.